The predicted octanol–water partition coefficient (Wildman–Crippen LogP) is 0.905. The average Bonchev–Trinajstić information content (AvgIpc) is 2.69. The number of hydrogen-bond donors (Lipinski definition) is 1. The van der Waals surface area contributed by atoms with Crippen molar-refractivity contribution in [2.24, 2.45) is 0 Å². The van der Waals surface area contributed by atoms with Crippen LogP contribution in [0.3, 0.4) is 0 Å². The Hall–Kier alpha value is -2.90. The van der Waals surface area contributed by atoms with Crippen molar-refractivity contribution < 1.29 is 23.9 Å². The maximum absolute atomic E-state index is 12.4. The van der Waals surface area contributed by atoms with Gasteiger partial charge in [0.15, 0.2) is 0 Å². The Morgan fingerprint density at radius 2 is 1.67 bits per heavy atom. The van der Waals surface area contributed by atoms with Crippen molar-refractivity contribution in [2.75, 3.05) is 18.6 Å². The first-order chi connectivity index (χ1) is 11.1. The zero-order valence-corrected chi connectivity index (χ0v) is 14.0. The van der Waals surface area contributed by atoms with Crippen LogP contribution in [-0.4, -0.2) is 47.8 Å². The van der Waals surface area contributed by atoms with Crippen molar-refractivity contribution in [1.82, 2.24) is 10.2 Å². The summed E-state index contributed by atoms with van der Waals surface area (Å²) >= 11 is 0. The number of imide groups is 2. The molecular weight excluding hydrogens is 314 g/mol. The van der Waals surface area contributed by atoms with Crippen LogP contribution in [0.15, 0.2) is 24.3 Å². The first kappa shape index (κ1) is 17.5. The quantitative estimate of drug-likeness (QED) is 0.652. The molecule has 0 aromatic heterocycles. The van der Waals surface area contributed by atoms with E-state index in [4.69, 9.17) is 4.74 Å². The van der Waals surface area contributed by atoms with E-state index in [0.29, 0.717) is 10.6 Å². The van der Waals surface area contributed by atoms with Crippen LogP contribution in [0.4, 0.5) is 10.5 Å². The summed E-state index contributed by atoms with van der Waals surface area (Å²) in [5.74, 6) is -1.99. The molecule has 1 fully saturated rings. The molecular formula is C16H19N3O5. The summed E-state index contributed by atoms with van der Waals surface area (Å²) in [5, 5.41) is 2.64. The summed E-state index contributed by atoms with van der Waals surface area (Å²) in [6.45, 7) is 4.81. The summed E-state index contributed by atoms with van der Waals surface area (Å²) in [6, 6.07) is 5.26. The van der Waals surface area contributed by atoms with Gasteiger partial charge in [0.25, 0.3) is 0 Å². The molecule has 1 aliphatic rings. The highest BCUT2D eigenvalue weighted by molar-refractivity contribution is 6.53. The molecule has 2 rings (SSSR count). The van der Waals surface area contributed by atoms with Gasteiger partial charge in [-0.2, -0.15) is 0 Å². The van der Waals surface area contributed by atoms with Crippen LogP contribution in [0, 0.1) is 0 Å². The van der Waals surface area contributed by atoms with Gasteiger partial charge in [-0.05, 0) is 45.0 Å². The van der Waals surface area contributed by atoms with Crippen LogP contribution in [0.25, 0.3) is 0 Å². The summed E-state index contributed by atoms with van der Waals surface area (Å²) in [7, 11) is 1.49. The minimum Gasteiger partial charge on any atom is -0.497 e. The maximum Gasteiger partial charge on any atom is 0.339 e. The Kier molecular flexibility index (Phi) is 4.59. The second-order valence-electron chi connectivity index (χ2n) is 6.31. The summed E-state index contributed by atoms with van der Waals surface area (Å²) < 4.78 is 5.01. The van der Waals surface area contributed by atoms with Crippen LogP contribution in [0.1, 0.15) is 20.8 Å². The van der Waals surface area contributed by atoms with E-state index in [-0.39, 0.29) is 5.69 Å². The van der Waals surface area contributed by atoms with E-state index in [0.717, 1.165) is 4.90 Å². The zero-order valence-electron chi connectivity index (χ0n) is 14.0. The SMILES string of the molecule is COc1ccc(N2C(=O)C(=O)N(CC(=O)NC(C)(C)C)C2=O)cc1. The van der Waals surface area contributed by atoms with Crippen LogP contribution < -0.4 is 15.0 Å². The Labute approximate surface area is 139 Å². The molecule has 0 spiro atoms. The fourth-order valence-corrected chi connectivity index (χ4v) is 2.21. The van der Waals surface area contributed by atoms with E-state index in [1.165, 1.54) is 19.2 Å². The number of hydrogen-bond acceptors (Lipinski definition) is 5. The first-order valence-electron chi connectivity index (χ1n) is 7.29. The van der Waals surface area contributed by atoms with Crippen molar-refractivity contribution in [3.63, 3.8) is 0 Å². The van der Waals surface area contributed by atoms with Crippen LogP contribution >= 0.6 is 0 Å². The Morgan fingerprint density at radius 3 is 2.17 bits per heavy atom. The van der Waals surface area contributed by atoms with Crippen molar-refractivity contribution in [2.45, 2.75) is 26.3 Å². The highest BCUT2D eigenvalue weighted by Gasteiger charge is 2.46. The van der Waals surface area contributed by atoms with E-state index in [2.05, 4.69) is 5.32 Å². The lowest BCUT2D eigenvalue weighted by Gasteiger charge is -2.22. The molecule has 24 heavy (non-hydrogen) atoms. The number of benzene rings is 1. The van der Waals surface area contributed by atoms with E-state index < -0.39 is 35.8 Å². The van der Waals surface area contributed by atoms with E-state index in [9.17, 15) is 19.2 Å². The third kappa shape index (κ3) is 3.53. The predicted molar refractivity (Wildman–Crippen MR) is 85.5 cm³/mol. The van der Waals surface area contributed by atoms with Crippen molar-refractivity contribution in [3.05, 3.63) is 24.3 Å². The number of amides is 5. The molecule has 1 aliphatic heterocycles. The van der Waals surface area contributed by atoms with E-state index in [1.54, 1.807) is 32.9 Å². The van der Waals surface area contributed by atoms with Gasteiger partial charge in [0.05, 0.1) is 12.8 Å². The van der Waals surface area contributed by atoms with Gasteiger partial charge >= 0.3 is 17.8 Å². The van der Waals surface area contributed by atoms with Gasteiger partial charge in [-0.15, -0.1) is 0 Å². The van der Waals surface area contributed by atoms with Crippen LogP contribution in [0.5, 0.6) is 5.75 Å². The van der Waals surface area contributed by atoms with Crippen molar-refractivity contribution in [1.29, 1.82) is 0 Å². The number of nitrogens with zero attached hydrogens (tertiary/aromatic N) is 2. The molecule has 1 heterocycles. The van der Waals surface area contributed by atoms with Gasteiger partial charge in [0.1, 0.15) is 12.3 Å². The molecule has 1 aromatic carbocycles. The maximum atomic E-state index is 12.4. The molecule has 0 radical (unpaired) electrons. The lowest BCUT2D eigenvalue weighted by Crippen LogP contribution is -2.47. The molecule has 8 nitrogen and oxygen atoms in total. The lowest BCUT2D eigenvalue weighted by molar-refractivity contribution is -0.140. The molecule has 0 unspecified atom stereocenters. The molecule has 0 aliphatic carbocycles. The van der Waals surface area contributed by atoms with Gasteiger partial charge < -0.3 is 10.1 Å². The molecule has 1 saturated heterocycles. The van der Waals surface area contributed by atoms with Gasteiger partial charge in [-0.3, -0.25) is 14.4 Å². The highest BCUT2D eigenvalue weighted by Crippen LogP contribution is 2.24. The minimum atomic E-state index is -1.03. The van der Waals surface area contributed by atoms with Gasteiger partial charge in [-0.25, -0.2) is 14.6 Å². The van der Waals surface area contributed by atoms with Crippen LogP contribution in [0.2, 0.25) is 0 Å². The molecule has 0 saturated carbocycles. The number of carbonyl (C=O) groups is 4. The van der Waals surface area contributed by atoms with E-state index >= 15 is 0 Å². The molecule has 5 amide bonds. The summed E-state index contributed by atoms with van der Waals surface area (Å²) in [5.41, 5.74) is -0.277. The minimum absolute atomic E-state index is 0.234. The number of rotatable bonds is 4. The highest BCUT2D eigenvalue weighted by atomic mass is 16.5. The second-order valence-corrected chi connectivity index (χ2v) is 6.31. The number of nitrogens with one attached hydrogen (secondary N) is 1. The second kappa shape index (κ2) is 6.31. The smallest absolute Gasteiger partial charge is 0.339 e. The topological polar surface area (TPSA) is 96.0 Å². The fraction of sp³-hybridized carbons (Fsp3) is 0.375. The van der Waals surface area contributed by atoms with E-state index in [1.807, 2.05) is 0 Å². The number of methoxy groups -OCH3 is 1. The molecule has 1 N–H and O–H groups in total. The number of anilines is 1. The number of carbonyl (C=O) groups excluding carboxylic acids is 4. The standard InChI is InChI=1S/C16H19N3O5/c1-16(2,3)17-12(20)9-18-13(21)14(22)19(15(18)23)10-5-7-11(24-4)8-6-10/h5-8H,9H2,1-4H3,(H,17,20). The number of urea groups is 1. The largest absolute Gasteiger partial charge is 0.497 e. The summed E-state index contributed by atoms with van der Waals surface area (Å²) in [6.07, 6.45) is 0. The molecule has 128 valence electrons. The monoisotopic (exact) mass is 333 g/mol. The van der Waals surface area contributed by atoms with Crippen LogP contribution in [-0.2, 0) is 14.4 Å². The first-order valence-corrected chi connectivity index (χ1v) is 7.29. The Bertz CT molecular complexity index is 691. The fourth-order valence-electron chi connectivity index (χ4n) is 2.21. The van der Waals surface area contributed by atoms with Crippen molar-refractivity contribution >= 4 is 29.4 Å². The average molecular weight is 333 g/mol. The van der Waals surface area contributed by atoms with Gasteiger partial charge in [0.2, 0.25) is 5.91 Å². The third-order valence-electron chi connectivity index (χ3n) is 3.20. The van der Waals surface area contributed by atoms with Crippen molar-refractivity contribution in [3.8, 4) is 5.75 Å². The lowest BCUT2D eigenvalue weighted by atomic mass is 10.1. The normalized spacial score (nSPS) is 15.1. The third-order valence-corrected chi connectivity index (χ3v) is 3.20. The molecule has 0 bridgehead atoms. The Morgan fingerprint density at radius 1 is 1.08 bits per heavy atom. The van der Waals surface area contributed by atoms with Gasteiger partial charge in [0, 0.05) is 5.54 Å². The van der Waals surface area contributed by atoms with Gasteiger partial charge in [-0.1, -0.05) is 0 Å². The molecule has 8 heteroatoms. The zero-order chi connectivity index (χ0) is 18.1. The molecule has 1 aromatic rings. The Balaban J connectivity index is 2.19. The number of ether oxygens (including phenoxy) is 1. The molecule has 0 atom stereocenters. The summed E-state index contributed by atoms with van der Waals surface area (Å²) in [4.78, 5) is 49.8.